The van der Waals surface area contributed by atoms with Crippen molar-refractivity contribution >= 4 is 0 Å². The van der Waals surface area contributed by atoms with Crippen LogP contribution in [0.4, 0.5) is 0 Å². The van der Waals surface area contributed by atoms with Crippen LogP contribution in [0.3, 0.4) is 0 Å². The SMILES string of the molecule is CCCc1cc(=O)n(-c2ccc(C#N)cc2)[nH]1. The van der Waals surface area contributed by atoms with Gasteiger partial charge in [0.05, 0.1) is 17.3 Å². The van der Waals surface area contributed by atoms with Crippen molar-refractivity contribution in [2.45, 2.75) is 19.8 Å². The molecule has 1 aromatic heterocycles. The third-order valence-corrected chi connectivity index (χ3v) is 2.55. The number of H-pyrrole nitrogens is 1. The Bertz CT molecular complexity index is 599. The van der Waals surface area contributed by atoms with E-state index in [9.17, 15) is 4.79 Å². The Balaban J connectivity index is 2.39. The van der Waals surface area contributed by atoms with E-state index < -0.39 is 0 Å². The van der Waals surface area contributed by atoms with Crippen LogP contribution in [0.25, 0.3) is 5.69 Å². The molecule has 86 valence electrons. The fraction of sp³-hybridized carbons (Fsp3) is 0.231. The minimum absolute atomic E-state index is 0.0712. The van der Waals surface area contributed by atoms with Crippen molar-refractivity contribution < 1.29 is 0 Å². The quantitative estimate of drug-likeness (QED) is 0.871. The highest BCUT2D eigenvalue weighted by Gasteiger charge is 2.04. The second-order valence-corrected chi connectivity index (χ2v) is 3.86. The van der Waals surface area contributed by atoms with Crippen molar-refractivity contribution in [3.8, 4) is 11.8 Å². The molecule has 0 saturated carbocycles. The molecule has 0 aliphatic rings. The smallest absolute Gasteiger partial charge is 0.271 e. The molecule has 2 rings (SSSR count). The maximum Gasteiger partial charge on any atom is 0.271 e. The first kappa shape index (κ1) is 11.2. The van der Waals surface area contributed by atoms with E-state index in [-0.39, 0.29) is 5.56 Å². The fourth-order valence-corrected chi connectivity index (χ4v) is 1.72. The Morgan fingerprint density at radius 2 is 2.06 bits per heavy atom. The van der Waals surface area contributed by atoms with Crippen LogP contribution in [0.5, 0.6) is 0 Å². The summed E-state index contributed by atoms with van der Waals surface area (Å²) in [4.78, 5) is 11.7. The number of nitrogens with one attached hydrogen (secondary N) is 1. The van der Waals surface area contributed by atoms with Crippen LogP contribution in [0.1, 0.15) is 24.6 Å². The van der Waals surface area contributed by atoms with Gasteiger partial charge in [0.2, 0.25) is 0 Å². The van der Waals surface area contributed by atoms with Gasteiger partial charge in [-0.3, -0.25) is 9.89 Å². The van der Waals surface area contributed by atoms with E-state index in [1.54, 1.807) is 30.3 Å². The predicted octanol–water partition coefficient (Wildman–Crippen LogP) is 1.99. The third kappa shape index (κ3) is 2.28. The number of nitriles is 1. The van der Waals surface area contributed by atoms with Crippen molar-refractivity contribution in [2.24, 2.45) is 0 Å². The second kappa shape index (κ2) is 4.71. The molecule has 0 atom stereocenters. The minimum atomic E-state index is -0.0712. The number of benzene rings is 1. The number of aromatic amines is 1. The van der Waals surface area contributed by atoms with Crippen LogP contribution in [-0.2, 0) is 6.42 Å². The predicted molar refractivity (Wildman–Crippen MR) is 65.1 cm³/mol. The highest BCUT2D eigenvalue weighted by molar-refractivity contribution is 5.38. The van der Waals surface area contributed by atoms with Crippen molar-refractivity contribution in [3.63, 3.8) is 0 Å². The zero-order valence-corrected chi connectivity index (χ0v) is 9.60. The fourth-order valence-electron chi connectivity index (χ4n) is 1.72. The van der Waals surface area contributed by atoms with Crippen molar-refractivity contribution in [1.29, 1.82) is 5.26 Å². The van der Waals surface area contributed by atoms with Crippen LogP contribution in [-0.4, -0.2) is 9.78 Å². The molecule has 0 bridgehead atoms. The van der Waals surface area contributed by atoms with E-state index in [0.29, 0.717) is 5.56 Å². The standard InChI is InChI=1S/C13H13N3O/c1-2-3-11-8-13(17)16(15-11)12-6-4-10(9-14)5-7-12/h4-8,15H,2-3H2,1H3. The first-order chi connectivity index (χ1) is 8.24. The Labute approximate surface area is 99.1 Å². The maximum atomic E-state index is 11.7. The average Bonchev–Trinajstić information content (AvgIpc) is 2.71. The van der Waals surface area contributed by atoms with Crippen LogP contribution in [0.15, 0.2) is 35.1 Å². The van der Waals surface area contributed by atoms with Gasteiger partial charge in [-0.05, 0) is 30.7 Å². The first-order valence-electron chi connectivity index (χ1n) is 5.56. The van der Waals surface area contributed by atoms with Crippen LogP contribution in [0.2, 0.25) is 0 Å². The summed E-state index contributed by atoms with van der Waals surface area (Å²) >= 11 is 0. The van der Waals surface area contributed by atoms with Crippen LogP contribution in [0, 0.1) is 11.3 Å². The minimum Gasteiger partial charge on any atom is -0.295 e. The molecular formula is C13H13N3O. The van der Waals surface area contributed by atoms with Crippen LogP contribution < -0.4 is 5.56 Å². The van der Waals surface area contributed by atoms with Gasteiger partial charge in [0.1, 0.15) is 0 Å². The lowest BCUT2D eigenvalue weighted by atomic mass is 10.2. The van der Waals surface area contributed by atoms with E-state index in [0.717, 1.165) is 24.2 Å². The van der Waals surface area contributed by atoms with Crippen molar-refractivity contribution in [3.05, 3.63) is 51.9 Å². The summed E-state index contributed by atoms with van der Waals surface area (Å²) in [5, 5.41) is 11.8. The normalized spacial score (nSPS) is 10.1. The maximum absolute atomic E-state index is 11.7. The lowest BCUT2D eigenvalue weighted by Crippen LogP contribution is -2.13. The summed E-state index contributed by atoms with van der Waals surface area (Å²) in [6.45, 7) is 2.07. The largest absolute Gasteiger partial charge is 0.295 e. The molecule has 1 heterocycles. The highest BCUT2D eigenvalue weighted by Crippen LogP contribution is 2.07. The molecule has 0 unspecified atom stereocenters. The molecule has 4 nitrogen and oxygen atoms in total. The van der Waals surface area contributed by atoms with E-state index >= 15 is 0 Å². The highest BCUT2D eigenvalue weighted by atomic mass is 16.1. The number of aryl methyl sites for hydroxylation is 1. The molecule has 0 aliphatic carbocycles. The monoisotopic (exact) mass is 227 g/mol. The van der Waals surface area contributed by atoms with Gasteiger partial charge in [-0.1, -0.05) is 13.3 Å². The summed E-state index contributed by atoms with van der Waals surface area (Å²) in [5.41, 5.74) is 2.19. The number of hydrogen-bond acceptors (Lipinski definition) is 2. The van der Waals surface area contributed by atoms with Gasteiger partial charge < -0.3 is 0 Å². The molecule has 2 aromatic rings. The summed E-state index contributed by atoms with van der Waals surface area (Å²) in [5.74, 6) is 0. The lowest BCUT2D eigenvalue weighted by molar-refractivity contribution is 0.793. The first-order valence-corrected chi connectivity index (χ1v) is 5.56. The topological polar surface area (TPSA) is 61.6 Å². The second-order valence-electron chi connectivity index (χ2n) is 3.86. The van der Waals surface area contributed by atoms with Gasteiger partial charge in [0, 0.05) is 11.8 Å². The van der Waals surface area contributed by atoms with E-state index in [2.05, 4.69) is 12.0 Å². The summed E-state index contributed by atoms with van der Waals surface area (Å²) in [7, 11) is 0. The van der Waals surface area contributed by atoms with Crippen LogP contribution >= 0.6 is 0 Å². The molecule has 1 N–H and O–H groups in total. The number of rotatable bonds is 3. The molecule has 1 aromatic carbocycles. The molecule has 0 radical (unpaired) electrons. The zero-order valence-electron chi connectivity index (χ0n) is 9.60. The molecule has 0 amide bonds. The Morgan fingerprint density at radius 3 is 2.65 bits per heavy atom. The van der Waals surface area contributed by atoms with Gasteiger partial charge in [0.15, 0.2) is 0 Å². The van der Waals surface area contributed by atoms with E-state index in [4.69, 9.17) is 5.26 Å². The molecule has 0 saturated heterocycles. The molecule has 17 heavy (non-hydrogen) atoms. The Kier molecular flexibility index (Phi) is 3.10. The molecule has 0 aliphatic heterocycles. The summed E-state index contributed by atoms with van der Waals surface area (Å²) in [6.07, 6.45) is 1.85. The molecule has 0 spiro atoms. The van der Waals surface area contributed by atoms with Gasteiger partial charge in [0.25, 0.3) is 5.56 Å². The van der Waals surface area contributed by atoms with Crippen molar-refractivity contribution in [1.82, 2.24) is 9.78 Å². The lowest BCUT2D eigenvalue weighted by Gasteiger charge is -2.01. The van der Waals surface area contributed by atoms with Crippen molar-refractivity contribution in [2.75, 3.05) is 0 Å². The zero-order chi connectivity index (χ0) is 12.3. The molecule has 0 fully saturated rings. The average molecular weight is 227 g/mol. The van der Waals surface area contributed by atoms with Gasteiger partial charge in [-0.2, -0.15) is 5.26 Å². The van der Waals surface area contributed by atoms with Gasteiger partial charge in [-0.15, -0.1) is 0 Å². The van der Waals surface area contributed by atoms with E-state index in [1.165, 1.54) is 4.68 Å². The molecular weight excluding hydrogens is 214 g/mol. The Hall–Kier alpha value is -2.28. The Morgan fingerprint density at radius 1 is 1.35 bits per heavy atom. The molecule has 4 heteroatoms. The summed E-state index contributed by atoms with van der Waals surface area (Å²) < 4.78 is 1.49. The number of nitrogens with zero attached hydrogens (tertiary/aromatic N) is 2. The number of hydrogen-bond donors (Lipinski definition) is 1. The van der Waals surface area contributed by atoms with Gasteiger partial charge in [-0.25, -0.2) is 4.68 Å². The van der Waals surface area contributed by atoms with Gasteiger partial charge >= 0.3 is 0 Å². The summed E-state index contributed by atoms with van der Waals surface area (Å²) in [6, 6.07) is 10.6. The third-order valence-electron chi connectivity index (χ3n) is 2.55. The number of aromatic nitrogens is 2. The van der Waals surface area contributed by atoms with E-state index in [1.807, 2.05) is 6.07 Å².